The number of ether oxygens (including phenoxy) is 1. The molecule has 3 aliphatic heterocycles. The third-order valence-electron chi connectivity index (χ3n) is 11.5. The van der Waals surface area contributed by atoms with Gasteiger partial charge in [-0.25, -0.2) is 4.39 Å². The minimum absolute atomic E-state index is 0.103. The number of alkyl halides is 1. The van der Waals surface area contributed by atoms with Gasteiger partial charge in [-0.3, -0.25) is 4.90 Å². The van der Waals surface area contributed by atoms with Crippen LogP contribution in [-0.2, 0) is 4.74 Å². The molecule has 2 saturated carbocycles. The molecule has 6 aliphatic rings. The first-order valence-electron chi connectivity index (χ1n) is 14.5. The Labute approximate surface area is 214 Å². The second-order valence-corrected chi connectivity index (χ2v) is 13.1. The number of fused-ring (bicyclic) bond motifs is 2. The summed E-state index contributed by atoms with van der Waals surface area (Å²) in [5.41, 5.74) is 4.57. The van der Waals surface area contributed by atoms with Crippen molar-refractivity contribution in [3.05, 3.63) is 71.3 Å². The lowest BCUT2D eigenvalue weighted by molar-refractivity contribution is -0.140. The lowest BCUT2D eigenvalue weighted by atomic mass is 9.58. The zero-order valence-electron chi connectivity index (χ0n) is 21.5. The number of likely N-dealkylation sites (tertiary alicyclic amines) is 1. The molecule has 188 valence electrons. The van der Waals surface area contributed by atoms with Crippen molar-refractivity contribution in [3.63, 3.8) is 0 Å². The van der Waals surface area contributed by atoms with Crippen LogP contribution in [0.4, 0.5) is 4.39 Å². The summed E-state index contributed by atoms with van der Waals surface area (Å²) in [6.45, 7) is 4.12. The van der Waals surface area contributed by atoms with Crippen molar-refractivity contribution in [3.8, 4) is 0 Å². The topological polar surface area (TPSA) is 12.5 Å². The molecular weight excluding hydrogens is 445 g/mol. The highest BCUT2D eigenvalue weighted by molar-refractivity contribution is 5.83. The van der Waals surface area contributed by atoms with E-state index in [1.165, 1.54) is 34.8 Å². The van der Waals surface area contributed by atoms with Gasteiger partial charge in [-0.05, 0) is 103 Å². The van der Waals surface area contributed by atoms with Crippen molar-refractivity contribution in [1.82, 2.24) is 4.90 Å². The van der Waals surface area contributed by atoms with Gasteiger partial charge in [0.2, 0.25) is 0 Å². The van der Waals surface area contributed by atoms with Crippen LogP contribution in [0.1, 0.15) is 76.2 Å². The van der Waals surface area contributed by atoms with Gasteiger partial charge in [0.15, 0.2) is 0 Å². The summed E-state index contributed by atoms with van der Waals surface area (Å²) >= 11 is 0. The number of hydrogen-bond acceptors (Lipinski definition) is 2. The molecule has 2 aromatic carbocycles. The van der Waals surface area contributed by atoms with E-state index >= 15 is 0 Å². The largest absolute Gasteiger partial charge is 0.359 e. The fraction of sp³-hybridized carbons (Fsp3) is 0.576. The van der Waals surface area contributed by atoms with E-state index < -0.39 is 6.17 Å². The highest BCUT2D eigenvalue weighted by Gasteiger charge is 2.66. The van der Waals surface area contributed by atoms with Crippen molar-refractivity contribution in [2.45, 2.75) is 94.0 Å². The minimum atomic E-state index is -0.638. The monoisotopic (exact) mass is 483 g/mol. The summed E-state index contributed by atoms with van der Waals surface area (Å²) in [6, 6.07) is 16.4. The first kappa shape index (κ1) is 22.1. The predicted octanol–water partition coefficient (Wildman–Crippen LogP) is 7.49. The smallest absolute Gasteiger partial charge is 0.114 e. The van der Waals surface area contributed by atoms with E-state index in [9.17, 15) is 4.39 Å². The lowest BCUT2D eigenvalue weighted by Crippen LogP contribution is -2.55. The lowest BCUT2D eigenvalue weighted by Gasteiger charge is -2.55. The highest BCUT2D eigenvalue weighted by atomic mass is 19.1. The Kier molecular flexibility index (Phi) is 4.62. The van der Waals surface area contributed by atoms with Gasteiger partial charge in [0.05, 0.1) is 11.2 Å². The molecule has 1 unspecified atom stereocenters. The van der Waals surface area contributed by atoms with Crippen LogP contribution in [0.25, 0.3) is 10.8 Å². The van der Waals surface area contributed by atoms with E-state index in [1.54, 1.807) is 5.57 Å². The molecule has 0 aromatic heterocycles. The summed E-state index contributed by atoms with van der Waals surface area (Å²) < 4.78 is 21.5. The molecule has 36 heavy (non-hydrogen) atoms. The van der Waals surface area contributed by atoms with Crippen LogP contribution in [0.5, 0.6) is 0 Å². The molecule has 2 aromatic rings. The van der Waals surface area contributed by atoms with Crippen molar-refractivity contribution >= 4 is 10.8 Å². The Morgan fingerprint density at radius 3 is 2.75 bits per heavy atom. The van der Waals surface area contributed by atoms with Gasteiger partial charge >= 0.3 is 0 Å². The molecule has 4 fully saturated rings. The molecule has 0 radical (unpaired) electrons. The van der Waals surface area contributed by atoms with Gasteiger partial charge in [-0.1, -0.05) is 61.5 Å². The fourth-order valence-corrected chi connectivity index (χ4v) is 9.74. The van der Waals surface area contributed by atoms with Gasteiger partial charge in [0.1, 0.15) is 6.17 Å². The van der Waals surface area contributed by atoms with E-state index in [-0.39, 0.29) is 16.6 Å². The SMILES string of the molecule is C[C@]12CC=C3C=C4CC[C@@H](N5CC[C@H](F)C5)CC45CC[C@]3(O5)[C@@H]1CC[C@@H]2c1ccc2ccccc2c1. The zero-order valence-corrected chi connectivity index (χ0v) is 21.5. The second-order valence-electron chi connectivity index (χ2n) is 13.1. The van der Waals surface area contributed by atoms with E-state index in [1.807, 2.05) is 0 Å². The first-order valence-corrected chi connectivity index (χ1v) is 14.5. The quantitative estimate of drug-likeness (QED) is 0.439. The third-order valence-corrected chi connectivity index (χ3v) is 11.5. The van der Waals surface area contributed by atoms with Crippen molar-refractivity contribution < 1.29 is 9.13 Å². The van der Waals surface area contributed by atoms with Crippen LogP contribution in [0.3, 0.4) is 0 Å². The predicted molar refractivity (Wildman–Crippen MR) is 143 cm³/mol. The van der Waals surface area contributed by atoms with Crippen LogP contribution in [0, 0.1) is 11.3 Å². The maximum Gasteiger partial charge on any atom is 0.114 e. The molecule has 0 N–H and O–H groups in total. The molecular formula is C33H38FNO. The normalized spacial score (nSPS) is 43.6. The van der Waals surface area contributed by atoms with E-state index in [2.05, 4.69) is 66.4 Å². The van der Waals surface area contributed by atoms with E-state index in [0.29, 0.717) is 30.8 Å². The Morgan fingerprint density at radius 1 is 1.00 bits per heavy atom. The van der Waals surface area contributed by atoms with Gasteiger partial charge in [0, 0.05) is 19.1 Å². The molecule has 2 saturated heterocycles. The summed E-state index contributed by atoms with van der Waals surface area (Å²) in [7, 11) is 0. The molecule has 2 spiro atoms. The maximum absolute atomic E-state index is 14.0. The Hall–Kier alpha value is -1.97. The average molecular weight is 484 g/mol. The van der Waals surface area contributed by atoms with Crippen molar-refractivity contribution in [2.24, 2.45) is 11.3 Å². The van der Waals surface area contributed by atoms with Crippen LogP contribution in [-0.4, -0.2) is 41.4 Å². The summed E-state index contributed by atoms with van der Waals surface area (Å²) in [4.78, 5) is 2.44. The van der Waals surface area contributed by atoms with Gasteiger partial charge < -0.3 is 4.74 Å². The maximum atomic E-state index is 14.0. The number of halogens is 1. The Bertz CT molecular complexity index is 1300. The summed E-state index contributed by atoms with van der Waals surface area (Å²) in [5.74, 6) is 1.15. The molecule has 3 aliphatic carbocycles. The van der Waals surface area contributed by atoms with Gasteiger partial charge in [-0.2, -0.15) is 0 Å². The Morgan fingerprint density at radius 2 is 1.89 bits per heavy atom. The molecule has 3 heteroatoms. The van der Waals surface area contributed by atoms with Gasteiger partial charge in [-0.15, -0.1) is 0 Å². The number of nitrogens with zero attached hydrogens (tertiary/aromatic N) is 1. The number of rotatable bonds is 2. The molecule has 2 bridgehead atoms. The Balaban J connectivity index is 1.14. The van der Waals surface area contributed by atoms with Crippen LogP contribution >= 0.6 is 0 Å². The van der Waals surface area contributed by atoms with Crippen molar-refractivity contribution in [2.75, 3.05) is 13.1 Å². The molecule has 2 nitrogen and oxygen atoms in total. The van der Waals surface area contributed by atoms with E-state index in [0.717, 1.165) is 45.1 Å². The number of hydrogen-bond donors (Lipinski definition) is 0. The average Bonchev–Trinajstić information content (AvgIpc) is 3.57. The summed E-state index contributed by atoms with van der Waals surface area (Å²) in [5, 5.41) is 2.69. The second kappa shape index (κ2) is 7.54. The molecule has 3 heterocycles. The van der Waals surface area contributed by atoms with Crippen molar-refractivity contribution in [1.29, 1.82) is 0 Å². The van der Waals surface area contributed by atoms with Crippen LogP contribution in [0.2, 0.25) is 0 Å². The number of allylic oxidation sites excluding steroid dienone is 1. The molecule has 8 rings (SSSR count). The molecule has 7 atom stereocenters. The standard InChI is InChI=1S/C33H38FNO/c1-31-14-12-26-19-25-8-9-28(35-17-13-27(34)21-35)20-32(25)15-16-33(26,36-32)30(31)11-10-29(31)24-7-6-22-4-2-3-5-23(22)18-24/h2-7,12,18-19,27-30H,8-11,13-17,20-21H2,1H3/t27-,28+,29+,30+,31+,32?,33+/m0/s1. The number of benzene rings is 2. The van der Waals surface area contributed by atoms with Gasteiger partial charge in [0.25, 0.3) is 0 Å². The summed E-state index contributed by atoms with van der Waals surface area (Å²) in [6.07, 6.45) is 14.5. The zero-order chi connectivity index (χ0) is 24.1. The fourth-order valence-electron chi connectivity index (χ4n) is 9.74. The third kappa shape index (κ3) is 2.91. The van der Waals surface area contributed by atoms with E-state index in [4.69, 9.17) is 4.74 Å². The highest BCUT2D eigenvalue weighted by Crippen LogP contribution is 2.69. The first-order chi connectivity index (χ1) is 17.5. The minimum Gasteiger partial charge on any atom is -0.359 e. The van der Waals surface area contributed by atoms with Crippen LogP contribution < -0.4 is 0 Å². The molecule has 0 amide bonds. The van der Waals surface area contributed by atoms with Crippen LogP contribution in [0.15, 0.2) is 65.8 Å².